The minimum Gasteiger partial charge on any atom is -0.341 e. The number of nitrogens with zero attached hydrogens (tertiary/aromatic N) is 8. The lowest BCUT2D eigenvalue weighted by Crippen LogP contribution is -2.44. The summed E-state index contributed by atoms with van der Waals surface area (Å²) < 4.78 is 45.9. The van der Waals surface area contributed by atoms with Gasteiger partial charge in [-0.3, -0.25) is 9.48 Å². The van der Waals surface area contributed by atoms with Crippen molar-refractivity contribution in [1.29, 1.82) is 0 Å². The number of amides is 1. The predicted octanol–water partition coefficient (Wildman–Crippen LogP) is 4.96. The number of aromatic nitrogens is 6. The number of halogens is 4. The van der Waals surface area contributed by atoms with Gasteiger partial charge in [0.2, 0.25) is 5.91 Å². The Hall–Kier alpha value is -3.93. The third kappa shape index (κ3) is 4.52. The average molecular weight is 557 g/mol. The summed E-state index contributed by atoms with van der Waals surface area (Å²) in [4.78, 5) is 29.2. The third-order valence-electron chi connectivity index (χ3n) is 6.94. The highest BCUT2D eigenvalue weighted by atomic mass is 35.5. The first-order valence-corrected chi connectivity index (χ1v) is 12.7. The summed E-state index contributed by atoms with van der Waals surface area (Å²) >= 11 is 6.44. The number of anilines is 2. The molecule has 0 spiro atoms. The monoisotopic (exact) mass is 556 g/mol. The molecule has 0 saturated heterocycles. The molecule has 0 atom stereocenters. The fourth-order valence-electron chi connectivity index (χ4n) is 4.69. The van der Waals surface area contributed by atoms with Gasteiger partial charge in [-0.05, 0) is 30.5 Å². The van der Waals surface area contributed by atoms with Crippen LogP contribution in [0.15, 0.2) is 36.8 Å². The van der Waals surface area contributed by atoms with Gasteiger partial charge in [-0.15, -0.1) is 0 Å². The Bertz CT molecular complexity index is 1610. The molecule has 6 rings (SSSR count). The highest BCUT2D eigenvalue weighted by Gasteiger charge is 2.33. The van der Waals surface area contributed by atoms with Gasteiger partial charge in [-0.25, -0.2) is 19.3 Å². The van der Waals surface area contributed by atoms with Crippen molar-refractivity contribution in [3.63, 3.8) is 0 Å². The first-order valence-electron chi connectivity index (χ1n) is 12.3. The van der Waals surface area contributed by atoms with Crippen molar-refractivity contribution < 1.29 is 18.0 Å². The summed E-state index contributed by atoms with van der Waals surface area (Å²) in [7, 11) is 3.19. The Morgan fingerprint density at radius 2 is 1.92 bits per heavy atom. The maximum Gasteiger partial charge on any atom is 0.288 e. The van der Waals surface area contributed by atoms with Crippen LogP contribution in [0.2, 0.25) is 5.02 Å². The first kappa shape index (κ1) is 25.4. The molecule has 4 heterocycles. The lowest BCUT2D eigenvalue weighted by atomic mass is 10.1. The number of hydrogen-bond donors (Lipinski definition) is 0. The fraction of sp³-hybridized carbons (Fsp3) is 0.346. The van der Waals surface area contributed by atoms with Crippen LogP contribution in [-0.4, -0.2) is 48.8 Å². The van der Waals surface area contributed by atoms with Crippen LogP contribution in [0.4, 0.5) is 24.7 Å². The van der Waals surface area contributed by atoms with E-state index in [1.54, 1.807) is 30.4 Å². The second-order valence-corrected chi connectivity index (χ2v) is 10.4. The molecule has 202 valence electrons. The Labute approximate surface area is 226 Å². The van der Waals surface area contributed by atoms with E-state index < -0.39 is 17.4 Å². The molecular formula is C26H24ClF3N8O. The largest absolute Gasteiger partial charge is 0.341 e. The number of rotatable bonds is 6. The molecule has 9 nitrogen and oxygen atoms in total. The Kier molecular flexibility index (Phi) is 5.90. The molecule has 1 aliphatic carbocycles. The summed E-state index contributed by atoms with van der Waals surface area (Å²) in [6.45, 7) is 0.943. The van der Waals surface area contributed by atoms with Crippen molar-refractivity contribution in [1.82, 2.24) is 29.3 Å². The molecule has 1 aromatic carbocycles. The summed E-state index contributed by atoms with van der Waals surface area (Å²) in [5.41, 5.74) is 1.36. The number of fused-ring (bicyclic) bond motifs is 1. The summed E-state index contributed by atoms with van der Waals surface area (Å²) in [5, 5.41) is 4.82. The van der Waals surface area contributed by atoms with Crippen molar-refractivity contribution in [3.05, 3.63) is 58.9 Å². The minimum absolute atomic E-state index is 0.0211. The average Bonchev–Trinajstić information content (AvgIpc) is 3.54. The second kappa shape index (κ2) is 9.08. The second-order valence-electron chi connectivity index (χ2n) is 9.99. The zero-order valence-electron chi connectivity index (χ0n) is 21.4. The molecule has 2 aliphatic rings. The topological polar surface area (TPSA) is 85.0 Å². The lowest BCUT2D eigenvalue weighted by Gasteiger charge is -2.34. The number of aryl methyl sites for hydroxylation is 1. The molecule has 0 N–H and O–H groups in total. The quantitative estimate of drug-likeness (QED) is 0.334. The van der Waals surface area contributed by atoms with E-state index in [4.69, 9.17) is 16.6 Å². The van der Waals surface area contributed by atoms with Crippen LogP contribution >= 0.6 is 11.6 Å². The fourth-order valence-corrected chi connectivity index (χ4v) is 4.91. The predicted molar refractivity (Wildman–Crippen MR) is 139 cm³/mol. The number of carbonyl (C=O) groups excluding carboxylic acids is 1. The van der Waals surface area contributed by atoms with E-state index in [0.29, 0.717) is 33.6 Å². The molecule has 3 aromatic heterocycles. The van der Waals surface area contributed by atoms with Gasteiger partial charge < -0.3 is 14.4 Å². The van der Waals surface area contributed by atoms with Crippen molar-refractivity contribution in [2.75, 3.05) is 23.4 Å². The number of imidazole rings is 1. The van der Waals surface area contributed by atoms with Gasteiger partial charge >= 0.3 is 0 Å². The van der Waals surface area contributed by atoms with E-state index in [2.05, 4.69) is 15.1 Å². The third-order valence-corrected chi connectivity index (χ3v) is 7.22. The normalized spacial score (nSPS) is 15.7. The van der Waals surface area contributed by atoms with Gasteiger partial charge in [0.1, 0.15) is 28.7 Å². The van der Waals surface area contributed by atoms with Gasteiger partial charge in [0.25, 0.3) is 5.92 Å². The van der Waals surface area contributed by atoms with Gasteiger partial charge in [0.15, 0.2) is 11.6 Å². The maximum atomic E-state index is 15.2. The van der Waals surface area contributed by atoms with Crippen LogP contribution < -0.4 is 9.80 Å². The van der Waals surface area contributed by atoms with Gasteiger partial charge in [0.05, 0.1) is 35.6 Å². The zero-order chi connectivity index (χ0) is 27.6. The Balaban J connectivity index is 1.33. The highest BCUT2D eigenvalue weighted by molar-refractivity contribution is 6.32. The van der Waals surface area contributed by atoms with E-state index in [-0.39, 0.29) is 36.4 Å². The summed E-state index contributed by atoms with van der Waals surface area (Å²) in [6.07, 6.45) is 6.34. The molecule has 4 aromatic rings. The van der Waals surface area contributed by atoms with Gasteiger partial charge in [-0.2, -0.15) is 13.9 Å². The molecule has 1 aliphatic heterocycles. The SMILES string of the molecule is CN1C(=O)CN(Cc2ccc(-c3nc(C(C)(F)F)cn3C)c(F)c2)c2nc(-c3c(Cl)cnn3C3CC3)ncc21. The van der Waals surface area contributed by atoms with Crippen LogP contribution in [0.3, 0.4) is 0 Å². The van der Waals surface area contributed by atoms with Crippen LogP contribution in [-0.2, 0) is 24.3 Å². The van der Waals surface area contributed by atoms with Crippen LogP contribution in [0, 0.1) is 5.82 Å². The van der Waals surface area contributed by atoms with Crippen molar-refractivity contribution in [3.8, 4) is 22.9 Å². The molecule has 0 radical (unpaired) electrons. The van der Waals surface area contributed by atoms with E-state index in [1.807, 2.05) is 4.68 Å². The van der Waals surface area contributed by atoms with Crippen LogP contribution in [0.25, 0.3) is 22.9 Å². The van der Waals surface area contributed by atoms with Gasteiger partial charge in [0, 0.05) is 33.8 Å². The van der Waals surface area contributed by atoms with Crippen molar-refractivity contribution >= 4 is 29.0 Å². The van der Waals surface area contributed by atoms with E-state index in [1.165, 1.54) is 34.8 Å². The summed E-state index contributed by atoms with van der Waals surface area (Å²) in [6, 6.07) is 4.76. The van der Waals surface area contributed by atoms with E-state index in [0.717, 1.165) is 19.8 Å². The lowest BCUT2D eigenvalue weighted by molar-refractivity contribution is -0.117. The molecule has 0 bridgehead atoms. The Morgan fingerprint density at radius 1 is 1.15 bits per heavy atom. The molecule has 0 unspecified atom stereocenters. The van der Waals surface area contributed by atoms with Crippen molar-refractivity contribution in [2.24, 2.45) is 7.05 Å². The maximum absolute atomic E-state index is 15.2. The molecular weight excluding hydrogens is 533 g/mol. The molecule has 13 heteroatoms. The number of alkyl halides is 2. The molecule has 1 saturated carbocycles. The van der Waals surface area contributed by atoms with Crippen molar-refractivity contribution in [2.45, 2.75) is 38.3 Å². The Morgan fingerprint density at radius 3 is 2.59 bits per heavy atom. The molecule has 1 fully saturated rings. The van der Waals surface area contributed by atoms with Gasteiger partial charge in [-0.1, -0.05) is 17.7 Å². The number of likely N-dealkylation sites (N-methyl/N-ethyl adjacent to an activating group) is 1. The zero-order valence-corrected chi connectivity index (χ0v) is 22.1. The highest BCUT2D eigenvalue weighted by Crippen LogP contribution is 2.41. The number of benzene rings is 1. The summed E-state index contributed by atoms with van der Waals surface area (Å²) in [5.74, 6) is -2.94. The van der Waals surface area contributed by atoms with E-state index >= 15 is 4.39 Å². The van der Waals surface area contributed by atoms with Crippen LogP contribution in [0.5, 0.6) is 0 Å². The van der Waals surface area contributed by atoms with E-state index in [9.17, 15) is 13.6 Å². The standard InChI is InChI=1S/C26H24ClF3N8O/c1-26(29,30)20-12-35(2)24(33-20)16-7-4-14(8-18(16)28)11-37-13-21(39)36(3)19-10-31-23(34-25(19)37)22-17(27)9-32-38(22)15-5-6-15/h4,7-10,12,15H,5-6,11,13H2,1-3H3. The number of carbonyl (C=O) groups is 1. The molecule has 39 heavy (non-hydrogen) atoms. The smallest absolute Gasteiger partial charge is 0.288 e. The minimum atomic E-state index is -3.14. The number of hydrogen-bond acceptors (Lipinski definition) is 6. The van der Waals surface area contributed by atoms with Crippen LogP contribution in [0.1, 0.15) is 37.1 Å². The molecule has 1 amide bonds. The first-order chi connectivity index (χ1) is 18.5.